The number of rotatable bonds is 0. The van der Waals surface area contributed by atoms with Gasteiger partial charge in [-0.3, -0.25) is 0 Å². The van der Waals surface area contributed by atoms with Crippen molar-refractivity contribution in [1.82, 2.24) is 6.91 Å². The molecule has 0 bridgehead atoms. The molecule has 0 aromatic heterocycles. The van der Waals surface area contributed by atoms with Gasteiger partial charge in [0.25, 0.3) is 0 Å². The Bertz CT molecular complexity index is 22.0. The van der Waals surface area contributed by atoms with Crippen LogP contribution < -0.4 is 0 Å². The third-order valence-electron chi connectivity index (χ3n) is 0. The molecule has 0 saturated heterocycles. The molecule has 0 radical (unpaired) electrons. The molecule has 0 aliphatic carbocycles. The van der Waals surface area contributed by atoms with Gasteiger partial charge in [-0.1, -0.05) is 0 Å². The van der Waals surface area contributed by atoms with Crippen molar-refractivity contribution >= 4 is 70.7 Å². The lowest BCUT2D eigenvalue weighted by Crippen LogP contribution is -1.62. The number of nitrogens with zero attached hydrogens (tertiary/aromatic N) is 2. The molecule has 0 aromatic carbocycles. The lowest BCUT2D eigenvalue weighted by Gasteiger charge is -1.74. The lowest BCUT2D eigenvalue weighted by molar-refractivity contribution is 1.20. The van der Waals surface area contributed by atoms with Crippen LogP contribution in [0.15, 0.2) is 0 Å². The smallest absolute Gasteiger partial charge is 0.0127 e. The first-order valence-electron chi connectivity index (χ1n) is 1.01. The predicted molar refractivity (Wildman–Crippen MR) is 38.8 cm³/mol. The highest BCUT2D eigenvalue weighted by Gasteiger charge is 1.72. The van der Waals surface area contributed by atoms with Crippen molar-refractivity contribution < 1.29 is 0 Å². The molecule has 8 heavy (non-hydrogen) atoms. The highest BCUT2D eigenvalue weighted by atomic mass is 35.6. The highest BCUT2D eigenvalue weighted by molar-refractivity contribution is 6.50. The number of hydrogen-bond donors (Lipinski definition) is 0. The topological polar surface area (TPSA) is 6.48 Å². The molecule has 0 aliphatic heterocycles. The molecule has 0 aromatic rings. The first-order chi connectivity index (χ1) is 3.46. The molecule has 8 heteroatoms. The second-order valence-electron chi connectivity index (χ2n) is 0.383. The molecule has 0 rings (SSSR count). The van der Waals surface area contributed by atoms with E-state index in [0.29, 0.717) is 6.91 Å². The summed E-state index contributed by atoms with van der Waals surface area (Å²) in [4.78, 5) is 0. The lowest BCUT2D eigenvalue weighted by atomic mass is 13.9. The standard InChI is InChI=1S/2Cl3N/c2*1-4(2)3. The molecular weight excluding hydrogens is 241 g/mol. The number of hydrogen-bond acceptors (Lipinski definition) is 2. The minimum atomic E-state index is 0.417. The van der Waals surface area contributed by atoms with E-state index < -0.39 is 0 Å². The van der Waals surface area contributed by atoms with Crippen LogP contribution in [0.5, 0.6) is 0 Å². The van der Waals surface area contributed by atoms with E-state index in [-0.39, 0.29) is 0 Å². The first kappa shape index (κ1) is 12.3. The van der Waals surface area contributed by atoms with Gasteiger partial charge in [-0.2, -0.15) is 0 Å². The fourth-order valence-electron chi connectivity index (χ4n) is 0. The van der Waals surface area contributed by atoms with E-state index in [2.05, 4.69) is 70.7 Å². The van der Waals surface area contributed by atoms with E-state index in [0.717, 1.165) is 0 Å². The molecule has 0 atom stereocenters. The molecule has 0 saturated carbocycles. The van der Waals surface area contributed by atoms with Crippen LogP contribution in [0.25, 0.3) is 0 Å². The van der Waals surface area contributed by atoms with Gasteiger partial charge < -0.3 is 0 Å². The summed E-state index contributed by atoms with van der Waals surface area (Å²) in [7, 11) is 0. The summed E-state index contributed by atoms with van der Waals surface area (Å²) in [5.41, 5.74) is 0. The van der Waals surface area contributed by atoms with Gasteiger partial charge in [0.05, 0.1) is 0 Å². The summed E-state index contributed by atoms with van der Waals surface area (Å²) in [6.07, 6.45) is 0. The largest absolute Gasteiger partial charge is 0.0380 e. The molecule has 0 unspecified atom stereocenters. The van der Waals surface area contributed by atoms with Crippen LogP contribution in [0.1, 0.15) is 0 Å². The third kappa shape index (κ3) is 123. The zero-order chi connectivity index (χ0) is 7.15. The molecule has 0 amide bonds. The van der Waals surface area contributed by atoms with Gasteiger partial charge in [-0.25, -0.2) is 0 Å². The Morgan fingerprint density at radius 3 is 0.500 bits per heavy atom. The van der Waals surface area contributed by atoms with E-state index in [4.69, 9.17) is 0 Å². The van der Waals surface area contributed by atoms with E-state index in [1.165, 1.54) is 0 Å². The van der Waals surface area contributed by atoms with E-state index in [1.807, 2.05) is 0 Å². The van der Waals surface area contributed by atoms with Crippen molar-refractivity contribution in [3.63, 3.8) is 0 Å². The van der Waals surface area contributed by atoms with Crippen LogP contribution in [0, 0.1) is 0 Å². The maximum atomic E-state index is 4.64. The second-order valence-corrected chi connectivity index (χ2v) is 3.45. The molecule has 0 fully saturated rings. The fraction of sp³-hybridized carbons (Fsp3) is 0. The van der Waals surface area contributed by atoms with Gasteiger partial charge in [0.1, 0.15) is 0 Å². The highest BCUT2D eigenvalue weighted by Crippen LogP contribution is 1.99. The summed E-state index contributed by atoms with van der Waals surface area (Å²) in [5, 5.41) is 0. The molecule has 2 nitrogen and oxygen atoms in total. The zero-order valence-corrected chi connectivity index (χ0v) is 7.70. The SMILES string of the molecule is ClN(Cl)Cl.ClN(Cl)Cl. The van der Waals surface area contributed by atoms with Crippen LogP contribution in [-0.4, -0.2) is 6.91 Å². The minimum absolute atomic E-state index is 0.417. The fourth-order valence-corrected chi connectivity index (χ4v) is 0. The first-order valence-corrected chi connectivity index (χ1v) is 3.04. The maximum Gasteiger partial charge on any atom is 0.0127 e. The second kappa shape index (κ2) is 8.66. The quantitative estimate of drug-likeness (QED) is 0.598. The predicted octanol–water partition coefficient (Wildman–Crippen LogP) is 3.50. The molecular formula is Cl6N2. The van der Waals surface area contributed by atoms with Gasteiger partial charge in [0.15, 0.2) is 0 Å². The van der Waals surface area contributed by atoms with Crippen molar-refractivity contribution in [3.05, 3.63) is 0 Å². The van der Waals surface area contributed by atoms with E-state index in [1.54, 1.807) is 0 Å². The van der Waals surface area contributed by atoms with E-state index in [9.17, 15) is 0 Å². The van der Waals surface area contributed by atoms with Gasteiger partial charge in [0.2, 0.25) is 0 Å². The van der Waals surface area contributed by atoms with Crippen molar-refractivity contribution in [2.24, 2.45) is 0 Å². The molecule has 0 N–H and O–H groups in total. The van der Waals surface area contributed by atoms with Gasteiger partial charge in [0, 0.05) is 70.7 Å². The Labute approximate surface area is 77.4 Å². The zero-order valence-electron chi connectivity index (χ0n) is 3.16. The maximum absolute atomic E-state index is 4.64. The summed E-state index contributed by atoms with van der Waals surface area (Å²) >= 11 is 27.8. The Morgan fingerprint density at radius 1 is 0.500 bits per heavy atom. The molecule has 0 aliphatic rings. The van der Waals surface area contributed by atoms with Crippen LogP contribution in [0.3, 0.4) is 0 Å². The number of halogens is 6. The molecule has 0 heterocycles. The Balaban J connectivity index is 0. The minimum Gasteiger partial charge on any atom is -0.0380 e. The van der Waals surface area contributed by atoms with Gasteiger partial charge in [-0.05, 0) is 6.91 Å². The molecule has 52 valence electrons. The molecule has 0 spiro atoms. The summed E-state index contributed by atoms with van der Waals surface area (Å²) < 4.78 is 0.833. The van der Waals surface area contributed by atoms with Crippen molar-refractivity contribution in [2.45, 2.75) is 0 Å². The van der Waals surface area contributed by atoms with Gasteiger partial charge in [-0.15, -0.1) is 0 Å². The Hall–Kier alpha value is 1.66. The summed E-state index contributed by atoms with van der Waals surface area (Å²) in [5.74, 6) is 0. The third-order valence-corrected chi connectivity index (χ3v) is 0. The van der Waals surface area contributed by atoms with Crippen molar-refractivity contribution in [1.29, 1.82) is 0 Å². The van der Waals surface area contributed by atoms with Crippen LogP contribution in [0.4, 0.5) is 0 Å². The van der Waals surface area contributed by atoms with Crippen LogP contribution >= 0.6 is 70.7 Å². The van der Waals surface area contributed by atoms with Crippen LogP contribution in [-0.2, 0) is 0 Å². The summed E-state index contributed by atoms with van der Waals surface area (Å²) in [6, 6.07) is 0. The van der Waals surface area contributed by atoms with Gasteiger partial charge >= 0.3 is 0 Å². The average Bonchev–Trinajstić information content (AvgIpc) is 1.25. The van der Waals surface area contributed by atoms with Crippen molar-refractivity contribution in [2.75, 3.05) is 0 Å². The normalized spacial score (nSPS) is 9.00. The summed E-state index contributed by atoms with van der Waals surface area (Å²) in [6.45, 7) is 0. The van der Waals surface area contributed by atoms with E-state index >= 15 is 0 Å². The van der Waals surface area contributed by atoms with Crippen molar-refractivity contribution in [3.8, 4) is 0 Å². The Morgan fingerprint density at radius 2 is 0.500 bits per heavy atom. The van der Waals surface area contributed by atoms with Crippen LogP contribution in [0.2, 0.25) is 0 Å². The monoisotopic (exact) mass is 238 g/mol. The Kier molecular flexibility index (Phi) is 13.4. The average molecular weight is 241 g/mol.